The van der Waals surface area contributed by atoms with Crippen molar-refractivity contribution in [1.82, 2.24) is 0 Å². The van der Waals surface area contributed by atoms with E-state index >= 15 is 0 Å². The van der Waals surface area contributed by atoms with Gasteiger partial charge in [-0.3, -0.25) is 0 Å². The Morgan fingerprint density at radius 2 is 1.39 bits per heavy atom. The van der Waals surface area contributed by atoms with Crippen LogP contribution in [-0.2, 0) is 23.1 Å². The molecule has 0 heterocycles. The second-order valence-electron chi connectivity index (χ2n) is 11.2. The minimum absolute atomic E-state index is 0.00477. The molecule has 0 aliphatic heterocycles. The standard InChI is InChI=1S/C24H48O5Si2/c1-15-19(26-10)21(29-31(13,14)24(7,8)9)20(17-18(3)22(25)27-16-2)28-30(11,12)23(4,5)6/h15,17,19-21H,1,16H2,2-14H3/b18-17-/t19-,20+,21+/m0/s1. The Kier molecular flexibility index (Phi) is 11.1. The molecule has 0 saturated carbocycles. The first-order chi connectivity index (χ1) is 13.8. The first-order valence-electron chi connectivity index (χ1n) is 11.2. The molecule has 0 spiro atoms. The summed E-state index contributed by atoms with van der Waals surface area (Å²) >= 11 is 0. The van der Waals surface area contributed by atoms with Crippen LogP contribution in [0.1, 0.15) is 55.4 Å². The summed E-state index contributed by atoms with van der Waals surface area (Å²) in [7, 11) is -2.72. The predicted molar refractivity (Wildman–Crippen MR) is 136 cm³/mol. The number of hydrogen-bond donors (Lipinski definition) is 0. The molecule has 31 heavy (non-hydrogen) atoms. The van der Waals surface area contributed by atoms with Gasteiger partial charge in [0.05, 0.1) is 12.7 Å². The van der Waals surface area contributed by atoms with Crippen molar-refractivity contribution in [2.45, 2.75) is 110 Å². The average Bonchev–Trinajstić information content (AvgIpc) is 2.59. The van der Waals surface area contributed by atoms with Crippen LogP contribution in [0.15, 0.2) is 24.3 Å². The van der Waals surface area contributed by atoms with E-state index in [0.29, 0.717) is 12.2 Å². The maximum Gasteiger partial charge on any atom is 0.333 e. The van der Waals surface area contributed by atoms with Crippen molar-refractivity contribution >= 4 is 22.6 Å². The number of methoxy groups -OCH3 is 1. The molecule has 0 aliphatic carbocycles. The zero-order valence-electron chi connectivity index (χ0n) is 22.3. The summed E-state index contributed by atoms with van der Waals surface area (Å²) in [6.45, 7) is 29.9. The highest BCUT2D eigenvalue weighted by atomic mass is 28.4. The smallest absolute Gasteiger partial charge is 0.333 e. The number of carbonyl (C=O) groups is 1. The normalized spacial score (nSPS) is 17.1. The third kappa shape index (κ3) is 8.61. The number of rotatable bonds is 11. The Hall–Kier alpha value is -0.736. The third-order valence-corrected chi connectivity index (χ3v) is 15.6. The number of esters is 1. The van der Waals surface area contributed by atoms with E-state index in [4.69, 9.17) is 18.3 Å². The number of carbonyl (C=O) groups excluding carboxylic acids is 1. The van der Waals surface area contributed by atoms with Gasteiger partial charge in [0.2, 0.25) is 0 Å². The Balaban J connectivity index is 6.53. The zero-order valence-corrected chi connectivity index (χ0v) is 24.3. The summed E-state index contributed by atoms with van der Waals surface area (Å²) in [5.74, 6) is -0.343. The van der Waals surface area contributed by atoms with Gasteiger partial charge < -0.3 is 18.3 Å². The van der Waals surface area contributed by atoms with E-state index in [2.05, 4.69) is 74.3 Å². The van der Waals surface area contributed by atoms with Crippen LogP contribution in [0, 0.1) is 0 Å². The first kappa shape index (κ1) is 30.3. The molecule has 0 aromatic heterocycles. The maximum atomic E-state index is 12.4. The van der Waals surface area contributed by atoms with E-state index in [1.54, 1.807) is 27.0 Å². The van der Waals surface area contributed by atoms with E-state index in [9.17, 15) is 4.79 Å². The molecular formula is C24H48O5Si2. The molecule has 0 radical (unpaired) electrons. The molecule has 3 atom stereocenters. The first-order valence-corrected chi connectivity index (χ1v) is 17.0. The Morgan fingerprint density at radius 3 is 1.74 bits per heavy atom. The molecule has 0 unspecified atom stereocenters. The highest BCUT2D eigenvalue weighted by Crippen LogP contribution is 2.41. The lowest BCUT2D eigenvalue weighted by atomic mass is 10.1. The van der Waals surface area contributed by atoms with Gasteiger partial charge in [-0.25, -0.2) is 4.79 Å². The highest BCUT2D eigenvalue weighted by molar-refractivity contribution is 6.74. The second kappa shape index (κ2) is 11.4. The minimum atomic E-state index is -2.19. The van der Waals surface area contributed by atoms with Gasteiger partial charge in [0.25, 0.3) is 0 Å². The quantitative estimate of drug-likeness (QED) is 0.149. The third-order valence-electron chi connectivity index (χ3n) is 6.64. The fourth-order valence-corrected chi connectivity index (χ4v) is 5.01. The maximum absolute atomic E-state index is 12.4. The molecule has 0 bridgehead atoms. The predicted octanol–water partition coefficient (Wildman–Crippen LogP) is 6.48. The van der Waals surface area contributed by atoms with Crippen molar-refractivity contribution in [3.05, 3.63) is 24.3 Å². The van der Waals surface area contributed by atoms with Crippen LogP contribution < -0.4 is 0 Å². The van der Waals surface area contributed by atoms with Gasteiger partial charge in [-0.2, -0.15) is 0 Å². The monoisotopic (exact) mass is 472 g/mol. The molecule has 5 nitrogen and oxygen atoms in total. The molecule has 0 saturated heterocycles. The largest absolute Gasteiger partial charge is 0.463 e. The summed E-state index contributed by atoms with van der Waals surface area (Å²) in [5, 5.41) is 0.00132. The topological polar surface area (TPSA) is 54.0 Å². The summed E-state index contributed by atoms with van der Waals surface area (Å²) in [6.07, 6.45) is 2.33. The van der Waals surface area contributed by atoms with Gasteiger partial charge in [-0.1, -0.05) is 47.6 Å². The van der Waals surface area contributed by atoms with Crippen LogP contribution >= 0.6 is 0 Å². The molecule has 0 rings (SSSR count). The van der Waals surface area contributed by atoms with E-state index < -0.39 is 28.8 Å². The van der Waals surface area contributed by atoms with E-state index in [1.165, 1.54) is 0 Å². The van der Waals surface area contributed by atoms with Crippen molar-refractivity contribution in [2.75, 3.05) is 13.7 Å². The van der Waals surface area contributed by atoms with E-state index in [1.807, 2.05) is 6.08 Å². The summed E-state index contributed by atoms with van der Waals surface area (Å²) in [6, 6.07) is 0. The van der Waals surface area contributed by atoms with Crippen molar-refractivity contribution < 1.29 is 23.1 Å². The van der Waals surface area contributed by atoms with Gasteiger partial charge in [-0.05, 0) is 56.2 Å². The Labute approximate surface area is 193 Å². The van der Waals surface area contributed by atoms with Crippen LogP contribution in [0.4, 0.5) is 0 Å². The average molecular weight is 473 g/mol. The molecule has 0 aliphatic rings. The lowest BCUT2D eigenvalue weighted by molar-refractivity contribution is -0.138. The molecule has 0 aromatic rings. The molecule has 182 valence electrons. The summed E-state index contributed by atoms with van der Waals surface area (Å²) < 4.78 is 24.7. The molecule has 0 aromatic carbocycles. The molecule has 7 heteroatoms. The molecule has 0 fully saturated rings. The fraction of sp³-hybridized carbons (Fsp3) is 0.792. The van der Waals surface area contributed by atoms with Gasteiger partial charge in [-0.15, -0.1) is 6.58 Å². The van der Waals surface area contributed by atoms with Gasteiger partial charge in [0.15, 0.2) is 16.6 Å². The summed E-state index contributed by atoms with van der Waals surface area (Å²) in [4.78, 5) is 12.4. The lowest BCUT2D eigenvalue weighted by Crippen LogP contribution is -2.55. The van der Waals surface area contributed by atoms with E-state index in [-0.39, 0.29) is 22.1 Å². The summed E-state index contributed by atoms with van der Waals surface area (Å²) in [5.41, 5.74) is 0.508. The molecular weight excluding hydrogens is 424 g/mol. The van der Waals surface area contributed by atoms with Crippen LogP contribution in [0.25, 0.3) is 0 Å². The Bertz CT molecular complexity index is 627. The molecule has 0 N–H and O–H groups in total. The van der Waals surface area contributed by atoms with Crippen LogP contribution in [-0.4, -0.2) is 54.6 Å². The molecule has 0 amide bonds. The minimum Gasteiger partial charge on any atom is -0.463 e. The van der Waals surface area contributed by atoms with Crippen molar-refractivity contribution in [3.63, 3.8) is 0 Å². The zero-order chi connectivity index (χ0) is 24.8. The van der Waals surface area contributed by atoms with Crippen molar-refractivity contribution in [3.8, 4) is 0 Å². The van der Waals surface area contributed by atoms with Gasteiger partial charge in [0.1, 0.15) is 12.2 Å². The van der Waals surface area contributed by atoms with Crippen molar-refractivity contribution in [2.24, 2.45) is 0 Å². The second-order valence-corrected chi connectivity index (χ2v) is 20.7. The Morgan fingerprint density at radius 1 is 0.935 bits per heavy atom. The van der Waals surface area contributed by atoms with E-state index in [0.717, 1.165) is 0 Å². The SMILES string of the molecule is C=C[C@H](OC)[C@@H](O[Si](C)(C)C(C)(C)C)[C@@H](/C=C(/C)C(=O)OCC)O[Si](C)(C)C(C)(C)C. The highest BCUT2D eigenvalue weighted by Gasteiger charge is 2.46. The van der Waals surface area contributed by atoms with Crippen LogP contribution in [0.3, 0.4) is 0 Å². The van der Waals surface area contributed by atoms with Gasteiger partial charge >= 0.3 is 5.97 Å². The fourth-order valence-electron chi connectivity index (χ4n) is 2.47. The number of hydrogen-bond acceptors (Lipinski definition) is 5. The van der Waals surface area contributed by atoms with Crippen molar-refractivity contribution in [1.29, 1.82) is 0 Å². The van der Waals surface area contributed by atoms with Crippen LogP contribution in [0.5, 0.6) is 0 Å². The van der Waals surface area contributed by atoms with Crippen LogP contribution in [0.2, 0.25) is 36.3 Å². The lowest BCUT2D eigenvalue weighted by Gasteiger charge is -2.45. The number of ether oxygens (including phenoxy) is 2. The van der Waals surface area contributed by atoms with Gasteiger partial charge in [0, 0.05) is 12.7 Å².